The molecule has 0 radical (unpaired) electrons. The van der Waals surface area contributed by atoms with E-state index in [1.165, 1.54) is 10.5 Å². The van der Waals surface area contributed by atoms with E-state index in [9.17, 15) is 4.79 Å². The SMILES string of the molecule is CC(=O)c1nccn1Br. The normalized spacial score (nSPS) is 9.56. The molecule has 0 bridgehead atoms. The van der Waals surface area contributed by atoms with Crippen molar-refractivity contribution in [2.24, 2.45) is 0 Å². The van der Waals surface area contributed by atoms with E-state index in [0.717, 1.165) is 0 Å². The van der Waals surface area contributed by atoms with E-state index in [1.54, 1.807) is 12.4 Å². The predicted octanol–water partition coefficient (Wildman–Crippen LogP) is 1.24. The fourth-order valence-electron chi connectivity index (χ4n) is 0.530. The van der Waals surface area contributed by atoms with Gasteiger partial charge in [0.05, 0.1) is 16.1 Å². The van der Waals surface area contributed by atoms with Crippen LogP contribution in [0.2, 0.25) is 0 Å². The van der Waals surface area contributed by atoms with E-state index in [4.69, 9.17) is 0 Å². The maximum Gasteiger partial charge on any atom is 0.196 e. The number of imidazole rings is 1. The minimum Gasteiger partial charge on any atom is -0.291 e. The van der Waals surface area contributed by atoms with E-state index in [1.807, 2.05) is 0 Å². The quantitative estimate of drug-likeness (QED) is 0.623. The summed E-state index contributed by atoms with van der Waals surface area (Å²) in [4.78, 5) is 14.4. The fraction of sp³-hybridized carbons (Fsp3) is 0.200. The Morgan fingerprint density at radius 3 is 2.78 bits per heavy atom. The predicted molar refractivity (Wildman–Crippen MR) is 36.6 cm³/mol. The molecule has 1 rings (SSSR count). The molecule has 0 atom stereocenters. The van der Waals surface area contributed by atoms with Gasteiger partial charge in [-0.2, -0.15) is 0 Å². The van der Waals surface area contributed by atoms with E-state index in [-0.39, 0.29) is 5.78 Å². The van der Waals surface area contributed by atoms with Gasteiger partial charge in [0, 0.05) is 19.3 Å². The van der Waals surface area contributed by atoms with Gasteiger partial charge in [-0.3, -0.25) is 8.39 Å². The average Bonchev–Trinajstić information content (AvgIpc) is 2.13. The van der Waals surface area contributed by atoms with Gasteiger partial charge in [-0.05, 0) is 0 Å². The zero-order valence-corrected chi connectivity index (χ0v) is 6.42. The Labute approximate surface area is 61.0 Å². The number of hydrogen-bond donors (Lipinski definition) is 0. The zero-order chi connectivity index (χ0) is 6.85. The maximum absolute atomic E-state index is 10.6. The Bertz CT molecular complexity index is 231. The second kappa shape index (κ2) is 2.31. The molecule has 1 aromatic heterocycles. The molecule has 0 N–H and O–H groups in total. The molecule has 0 aliphatic rings. The molecule has 0 fully saturated rings. The molecule has 4 heteroatoms. The summed E-state index contributed by atoms with van der Waals surface area (Å²) >= 11 is 3.10. The number of aromatic nitrogens is 2. The molecule has 0 saturated carbocycles. The van der Waals surface area contributed by atoms with Crippen molar-refractivity contribution in [3.05, 3.63) is 18.2 Å². The van der Waals surface area contributed by atoms with Crippen molar-refractivity contribution in [1.82, 2.24) is 8.58 Å². The number of halogens is 1. The maximum atomic E-state index is 10.6. The second-order valence-electron chi connectivity index (χ2n) is 1.62. The topological polar surface area (TPSA) is 34.9 Å². The van der Waals surface area contributed by atoms with Crippen LogP contribution in [-0.4, -0.2) is 14.4 Å². The molecule has 48 valence electrons. The highest BCUT2D eigenvalue weighted by atomic mass is 79.9. The van der Waals surface area contributed by atoms with Crippen LogP contribution in [-0.2, 0) is 0 Å². The van der Waals surface area contributed by atoms with Crippen molar-refractivity contribution in [1.29, 1.82) is 0 Å². The van der Waals surface area contributed by atoms with Crippen molar-refractivity contribution < 1.29 is 4.79 Å². The molecule has 0 spiro atoms. The molecular formula is C5H5BrN2O. The van der Waals surface area contributed by atoms with Gasteiger partial charge in [0.15, 0.2) is 11.6 Å². The molecule has 1 aromatic rings. The van der Waals surface area contributed by atoms with E-state index < -0.39 is 0 Å². The van der Waals surface area contributed by atoms with Crippen LogP contribution in [0.4, 0.5) is 0 Å². The number of rotatable bonds is 1. The van der Waals surface area contributed by atoms with Gasteiger partial charge >= 0.3 is 0 Å². The first kappa shape index (κ1) is 6.48. The summed E-state index contributed by atoms with van der Waals surface area (Å²) in [5, 5.41) is 0. The fourth-order valence-corrected chi connectivity index (χ4v) is 0.977. The van der Waals surface area contributed by atoms with Crippen LogP contribution < -0.4 is 0 Å². The van der Waals surface area contributed by atoms with Crippen LogP contribution >= 0.6 is 16.1 Å². The Kier molecular flexibility index (Phi) is 1.66. The average molecular weight is 189 g/mol. The summed E-state index contributed by atoms with van der Waals surface area (Å²) in [5.74, 6) is 0.381. The Hall–Kier alpha value is -0.640. The molecule has 0 aliphatic heterocycles. The monoisotopic (exact) mass is 188 g/mol. The number of hydrogen-bond acceptors (Lipinski definition) is 2. The summed E-state index contributed by atoms with van der Waals surface area (Å²) in [7, 11) is 0. The lowest BCUT2D eigenvalue weighted by Gasteiger charge is -1.89. The summed E-state index contributed by atoms with van der Waals surface area (Å²) in [6, 6.07) is 0. The van der Waals surface area contributed by atoms with Gasteiger partial charge in [0.25, 0.3) is 0 Å². The lowest BCUT2D eigenvalue weighted by Crippen LogP contribution is -1.97. The third-order valence-electron chi connectivity index (χ3n) is 0.912. The number of nitrogens with zero attached hydrogens (tertiary/aromatic N) is 2. The molecule has 3 nitrogen and oxygen atoms in total. The first-order valence-electron chi connectivity index (χ1n) is 2.42. The second-order valence-corrected chi connectivity index (χ2v) is 2.38. The number of ketones is 1. The first-order chi connectivity index (χ1) is 4.22. The number of Topliss-reactive ketones (excluding diaryl/α,β-unsaturated/α-hetero) is 1. The third-order valence-corrected chi connectivity index (χ3v) is 1.48. The van der Waals surface area contributed by atoms with E-state index in [2.05, 4.69) is 21.1 Å². The Morgan fingerprint density at radius 2 is 2.56 bits per heavy atom. The third kappa shape index (κ3) is 1.18. The number of carbonyl (C=O) groups is 1. The highest BCUT2D eigenvalue weighted by Gasteiger charge is 2.03. The number of carbonyl (C=O) groups excluding carboxylic acids is 1. The molecule has 0 unspecified atom stereocenters. The zero-order valence-electron chi connectivity index (χ0n) is 4.84. The molecule has 0 aliphatic carbocycles. The highest BCUT2D eigenvalue weighted by molar-refractivity contribution is 9.08. The van der Waals surface area contributed by atoms with Gasteiger partial charge in [-0.1, -0.05) is 0 Å². The van der Waals surface area contributed by atoms with E-state index >= 15 is 0 Å². The minimum absolute atomic E-state index is 0.0446. The van der Waals surface area contributed by atoms with Gasteiger partial charge in [-0.15, -0.1) is 0 Å². The Balaban J connectivity index is 3.08. The molecule has 0 amide bonds. The summed E-state index contributed by atoms with van der Waals surface area (Å²) in [5.41, 5.74) is 0. The minimum atomic E-state index is -0.0446. The largest absolute Gasteiger partial charge is 0.291 e. The standard InChI is InChI=1S/C5H5BrN2O/c1-4(9)5-7-2-3-8(5)6/h2-3H,1H3. The van der Waals surface area contributed by atoms with Crippen LogP contribution in [0.15, 0.2) is 12.4 Å². The molecule has 9 heavy (non-hydrogen) atoms. The smallest absolute Gasteiger partial charge is 0.196 e. The first-order valence-corrected chi connectivity index (χ1v) is 3.13. The molecule has 1 heterocycles. The Morgan fingerprint density at radius 1 is 1.89 bits per heavy atom. The molecule has 0 aromatic carbocycles. The van der Waals surface area contributed by atoms with Crippen LogP contribution in [0.5, 0.6) is 0 Å². The van der Waals surface area contributed by atoms with Crippen LogP contribution in [0, 0.1) is 0 Å². The lowest BCUT2D eigenvalue weighted by molar-refractivity contribution is 0.100. The van der Waals surface area contributed by atoms with Crippen molar-refractivity contribution in [3.8, 4) is 0 Å². The summed E-state index contributed by atoms with van der Waals surface area (Å²) in [6.07, 6.45) is 3.22. The van der Waals surface area contributed by atoms with Crippen molar-refractivity contribution >= 4 is 21.9 Å². The van der Waals surface area contributed by atoms with Gasteiger partial charge in [0.1, 0.15) is 0 Å². The van der Waals surface area contributed by atoms with Crippen molar-refractivity contribution in [2.75, 3.05) is 0 Å². The van der Waals surface area contributed by atoms with Gasteiger partial charge in [-0.25, -0.2) is 4.98 Å². The van der Waals surface area contributed by atoms with Gasteiger partial charge in [0.2, 0.25) is 0 Å². The van der Waals surface area contributed by atoms with Gasteiger partial charge < -0.3 is 0 Å². The summed E-state index contributed by atoms with van der Waals surface area (Å²) < 4.78 is 1.51. The molecule has 0 saturated heterocycles. The van der Waals surface area contributed by atoms with Crippen molar-refractivity contribution in [2.45, 2.75) is 6.92 Å². The highest BCUT2D eigenvalue weighted by Crippen LogP contribution is 2.00. The lowest BCUT2D eigenvalue weighted by atomic mass is 10.4. The van der Waals surface area contributed by atoms with Crippen LogP contribution in [0.25, 0.3) is 0 Å². The summed E-state index contributed by atoms with van der Waals surface area (Å²) in [6.45, 7) is 1.47. The van der Waals surface area contributed by atoms with Crippen LogP contribution in [0.1, 0.15) is 17.5 Å². The van der Waals surface area contributed by atoms with Crippen LogP contribution in [0.3, 0.4) is 0 Å². The van der Waals surface area contributed by atoms with E-state index in [0.29, 0.717) is 5.82 Å². The molecular weight excluding hydrogens is 184 g/mol. The van der Waals surface area contributed by atoms with Crippen molar-refractivity contribution in [3.63, 3.8) is 0 Å².